The Morgan fingerprint density at radius 3 is 2.38 bits per heavy atom. The summed E-state index contributed by atoms with van der Waals surface area (Å²) in [6.07, 6.45) is -0.0964. The number of hydrogen-bond donors (Lipinski definition) is 1. The quantitative estimate of drug-likeness (QED) is 0.612. The zero-order chi connectivity index (χ0) is 10.5. The van der Waals surface area contributed by atoms with Crippen molar-refractivity contribution in [2.45, 2.75) is 17.1 Å². The number of aliphatic hydroxyl groups excluding tert-OH is 1. The molecular formula is C7H11Cl3O3. The van der Waals surface area contributed by atoms with Crippen molar-refractivity contribution in [1.29, 1.82) is 0 Å². The lowest BCUT2D eigenvalue weighted by molar-refractivity contribution is -0.144. The molecule has 0 saturated heterocycles. The van der Waals surface area contributed by atoms with Gasteiger partial charge in [-0.2, -0.15) is 0 Å². The van der Waals surface area contributed by atoms with Gasteiger partial charge in [0, 0.05) is 5.92 Å². The van der Waals surface area contributed by atoms with Crippen molar-refractivity contribution >= 4 is 40.8 Å². The Morgan fingerprint density at radius 1 is 1.54 bits per heavy atom. The summed E-state index contributed by atoms with van der Waals surface area (Å²) in [5, 5.41) is 8.82. The molecule has 3 nitrogen and oxygen atoms in total. The molecule has 0 amide bonds. The molecule has 0 aromatic rings. The molecule has 1 N–H and O–H groups in total. The van der Waals surface area contributed by atoms with E-state index in [1.165, 1.54) is 0 Å². The number of alkyl halides is 3. The lowest BCUT2D eigenvalue weighted by Gasteiger charge is -2.20. The SMILES string of the molecule is CCOC(=O)CC(CO)C(Cl)(Cl)Cl. The molecule has 13 heavy (non-hydrogen) atoms. The number of ether oxygens (including phenoxy) is 1. The smallest absolute Gasteiger partial charge is 0.306 e. The third-order valence-electron chi connectivity index (χ3n) is 1.40. The van der Waals surface area contributed by atoms with Gasteiger partial charge in [0.2, 0.25) is 0 Å². The van der Waals surface area contributed by atoms with Gasteiger partial charge in [-0.25, -0.2) is 0 Å². The summed E-state index contributed by atoms with van der Waals surface area (Å²) < 4.78 is 3.01. The number of hydrogen-bond acceptors (Lipinski definition) is 3. The molecule has 1 atom stereocenters. The van der Waals surface area contributed by atoms with Crippen LogP contribution in [0.2, 0.25) is 0 Å². The summed E-state index contributed by atoms with van der Waals surface area (Å²) in [7, 11) is 0. The van der Waals surface area contributed by atoms with Gasteiger partial charge in [-0.05, 0) is 6.92 Å². The van der Waals surface area contributed by atoms with E-state index in [2.05, 4.69) is 4.74 Å². The van der Waals surface area contributed by atoms with Crippen LogP contribution in [-0.4, -0.2) is 28.1 Å². The highest BCUT2D eigenvalue weighted by Gasteiger charge is 2.34. The van der Waals surface area contributed by atoms with Crippen molar-refractivity contribution in [2.24, 2.45) is 5.92 Å². The summed E-state index contributed by atoms with van der Waals surface area (Å²) in [6.45, 7) is 1.59. The molecule has 0 rings (SSSR count). The maximum absolute atomic E-state index is 10.9. The van der Waals surface area contributed by atoms with E-state index in [0.29, 0.717) is 0 Å². The fraction of sp³-hybridized carbons (Fsp3) is 0.857. The van der Waals surface area contributed by atoms with Crippen LogP contribution in [0.15, 0.2) is 0 Å². The second kappa shape index (κ2) is 5.91. The van der Waals surface area contributed by atoms with Crippen molar-refractivity contribution < 1.29 is 14.6 Å². The molecule has 0 saturated carbocycles. The summed E-state index contributed by atoms with van der Waals surface area (Å²) in [5.74, 6) is -1.20. The Hall–Kier alpha value is 0.300. The summed E-state index contributed by atoms with van der Waals surface area (Å²) in [5.41, 5.74) is 0. The maximum Gasteiger partial charge on any atom is 0.306 e. The highest BCUT2D eigenvalue weighted by atomic mass is 35.6. The van der Waals surface area contributed by atoms with Crippen molar-refractivity contribution in [1.82, 2.24) is 0 Å². The molecule has 0 heterocycles. The van der Waals surface area contributed by atoms with Crippen LogP contribution in [0.3, 0.4) is 0 Å². The van der Waals surface area contributed by atoms with E-state index in [1.54, 1.807) is 6.92 Å². The highest BCUT2D eigenvalue weighted by Crippen LogP contribution is 2.36. The van der Waals surface area contributed by atoms with Crippen LogP contribution < -0.4 is 0 Å². The molecule has 0 spiro atoms. The van der Waals surface area contributed by atoms with Gasteiger partial charge in [0.15, 0.2) is 3.79 Å². The van der Waals surface area contributed by atoms with E-state index >= 15 is 0 Å². The molecule has 78 valence electrons. The monoisotopic (exact) mass is 248 g/mol. The molecule has 0 aliphatic heterocycles. The van der Waals surface area contributed by atoms with E-state index in [4.69, 9.17) is 39.9 Å². The van der Waals surface area contributed by atoms with Crippen LogP contribution in [0.1, 0.15) is 13.3 Å². The topological polar surface area (TPSA) is 46.5 Å². The molecule has 0 fully saturated rings. The van der Waals surface area contributed by atoms with Gasteiger partial charge in [0.25, 0.3) is 0 Å². The molecule has 0 aliphatic rings. The van der Waals surface area contributed by atoms with Crippen LogP contribution in [0.4, 0.5) is 0 Å². The largest absolute Gasteiger partial charge is 0.466 e. The average molecular weight is 250 g/mol. The minimum Gasteiger partial charge on any atom is -0.466 e. The van der Waals surface area contributed by atoms with E-state index in [0.717, 1.165) is 0 Å². The van der Waals surface area contributed by atoms with Crippen molar-refractivity contribution in [3.8, 4) is 0 Å². The standard InChI is InChI=1S/C7H11Cl3O3/c1-2-13-6(12)3-5(4-11)7(8,9)10/h5,11H,2-4H2,1H3. The normalized spacial score (nSPS) is 13.9. The summed E-state index contributed by atoms with van der Waals surface area (Å²) >= 11 is 16.5. The lowest BCUT2D eigenvalue weighted by Crippen LogP contribution is -2.26. The second-order valence-corrected chi connectivity index (χ2v) is 4.80. The Balaban J connectivity index is 4.06. The van der Waals surface area contributed by atoms with Crippen LogP contribution in [0.25, 0.3) is 0 Å². The first-order valence-corrected chi connectivity index (χ1v) is 4.88. The Labute approximate surface area is 91.9 Å². The first kappa shape index (κ1) is 13.3. The van der Waals surface area contributed by atoms with E-state index < -0.39 is 15.7 Å². The van der Waals surface area contributed by atoms with E-state index in [-0.39, 0.29) is 19.6 Å². The lowest BCUT2D eigenvalue weighted by atomic mass is 10.1. The predicted octanol–water partition coefficient (Wildman–Crippen LogP) is 1.92. The van der Waals surface area contributed by atoms with Gasteiger partial charge in [0.1, 0.15) is 0 Å². The molecule has 0 radical (unpaired) electrons. The minimum atomic E-state index is -1.64. The number of rotatable bonds is 4. The average Bonchev–Trinajstić information content (AvgIpc) is 1.98. The van der Waals surface area contributed by atoms with Gasteiger partial charge in [-0.1, -0.05) is 34.8 Å². The summed E-state index contributed by atoms with van der Waals surface area (Å²) in [4.78, 5) is 10.9. The van der Waals surface area contributed by atoms with Crippen LogP contribution >= 0.6 is 34.8 Å². The first-order valence-electron chi connectivity index (χ1n) is 3.75. The highest BCUT2D eigenvalue weighted by molar-refractivity contribution is 6.67. The summed E-state index contributed by atoms with van der Waals surface area (Å²) in [6, 6.07) is 0. The van der Waals surface area contributed by atoms with Gasteiger partial charge in [-0.15, -0.1) is 0 Å². The van der Waals surface area contributed by atoms with E-state index in [9.17, 15) is 4.79 Å². The zero-order valence-electron chi connectivity index (χ0n) is 7.10. The van der Waals surface area contributed by atoms with Gasteiger partial charge in [0.05, 0.1) is 19.6 Å². The van der Waals surface area contributed by atoms with Crippen molar-refractivity contribution in [3.63, 3.8) is 0 Å². The molecule has 0 aromatic heterocycles. The zero-order valence-corrected chi connectivity index (χ0v) is 9.36. The first-order chi connectivity index (χ1) is 5.91. The number of esters is 1. The number of carbonyl (C=O) groups is 1. The van der Waals surface area contributed by atoms with Crippen LogP contribution in [0, 0.1) is 5.92 Å². The fourth-order valence-electron chi connectivity index (χ4n) is 0.705. The number of aliphatic hydroxyl groups is 1. The van der Waals surface area contributed by atoms with Gasteiger partial charge in [-0.3, -0.25) is 4.79 Å². The van der Waals surface area contributed by atoms with Crippen LogP contribution in [-0.2, 0) is 9.53 Å². The Bertz CT molecular complexity index is 167. The number of halogens is 3. The molecule has 1 unspecified atom stereocenters. The maximum atomic E-state index is 10.9. The fourth-order valence-corrected chi connectivity index (χ4v) is 1.14. The molecule has 0 aliphatic carbocycles. The molecule has 0 bridgehead atoms. The van der Waals surface area contributed by atoms with Gasteiger partial charge < -0.3 is 9.84 Å². The predicted molar refractivity (Wildman–Crippen MR) is 52.1 cm³/mol. The molecular weight excluding hydrogens is 238 g/mol. The molecule has 0 aromatic carbocycles. The Morgan fingerprint density at radius 2 is 2.08 bits per heavy atom. The third-order valence-corrected chi connectivity index (χ3v) is 2.33. The van der Waals surface area contributed by atoms with Gasteiger partial charge >= 0.3 is 5.97 Å². The van der Waals surface area contributed by atoms with Crippen LogP contribution in [0.5, 0.6) is 0 Å². The minimum absolute atomic E-state index is 0.0964. The second-order valence-electron chi connectivity index (χ2n) is 2.43. The van der Waals surface area contributed by atoms with E-state index in [1.807, 2.05) is 0 Å². The molecule has 6 heteroatoms. The number of carbonyl (C=O) groups excluding carboxylic acids is 1. The van der Waals surface area contributed by atoms with Crippen molar-refractivity contribution in [2.75, 3.05) is 13.2 Å². The Kier molecular flexibility index (Phi) is 6.05. The van der Waals surface area contributed by atoms with Crippen molar-refractivity contribution in [3.05, 3.63) is 0 Å². The third kappa shape index (κ3) is 5.57.